The second-order valence-electron chi connectivity index (χ2n) is 16.8. The van der Waals surface area contributed by atoms with Crippen molar-refractivity contribution in [1.82, 2.24) is 0 Å². The van der Waals surface area contributed by atoms with Crippen molar-refractivity contribution in [3.63, 3.8) is 0 Å². The fourth-order valence-corrected chi connectivity index (χ4v) is 16.0. The molecule has 2 nitrogen and oxygen atoms in total. The summed E-state index contributed by atoms with van der Waals surface area (Å²) in [6.07, 6.45) is 0. The van der Waals surface area contributed by atoms with Gasteiger partial charge in [-0.05, 0) is 116 Å². The summed E-state index contributed by atoms with van der Waals surface area (Å²) in [7, 11) is -1.72. The zero-order chi connectivity index (χ0) is 36.9. The molecule has 0 aliphatic carbocycles. The van der Waals surface area contributed by atoms with E-state index >= 15 is 0 Å². The van der Waals surface area contributed by atoms with E-state index in [1.165, 1.54) is 76.0 Å². The minimum atomic E-state index is -0.859. The van der Waals surface area contributed by atoms with E-state index in [2.05, 4.69) is 187 Å². The third-order valence-corrected chi connectivity index (χ3v) is 18.0. The molecule has 0 bridgehead atoms. The van der Waals surface area contributed by atoms with Crippen LogP contribution in [-0.4, -0.2) is 22.0 Å². The third kappa shape index (κ3) is 5.21. The first-order valence-corrected chi connectivity index (χ1v) is 21.9. The minimum absolute atomic E-state index is 0.0482. The van der Waals surface area contributed by atoms with Crippen molar-refractivity contribution in [2.24, 2.45) is 0 Å². The Bertz CT molecular complexity index is 2490. The lowest BCUT2D eigenvalue weighted by atomic mass is 9.92. The molecule has 0 aromatic heterocycles. The average molecular weight is 739 g/mol. The lowest BCUT2D eigenvalue weighted by Crippen LogP contribution is -2.38. The van der Waals surface area contributed by atoms with Gasteiger partial charge in [0.1, 0.15) is 11.5 Å². The molecule has 0 amide bonds. The lowest BCUT2D eigenvalue weighted by molar-refractivity contribution is 0.171. The summed E-state index contributed by atoms with van der Waals surface area (Å²) in [5, 5.41) is 12.8. The predicted octanol–water partition coefficient (Wildman–Crippen LogP) is 13.6. The van der Waals surface area contributed by atoms with E-state index < -0.39 is 15.8 Å². The molecule has 0 radical (unpaired) electrons. The van der Waals surface area contributed by atoms with Crippen LogP contribution in [0.15, 0.2) is 146 Å². The van der Waals surface area contributed by atoms with E-state index in [4.69, 9.17) is 9.47 Å². The van der Waals surface area contributed by atoms with Gasteiger partial charge < -0.3 is 9.47 Å². The molecule has 266 valence electrons. The van der Waals surface area contributed by atoms with E-state index in [9.17, 15) is 0 Å². The Morgan fingerprint density at radius 1 is 0.389 bits per heavy atom. The smallest absolute Gasteiger partial charge is 0.162 e. The van der Waals surface area contributed by atoms with Crippen LogP contribution in [0.5, 0.6) is 11.5 Å². The molecule has 0 N–H and O–H groups in total. The van der Waals surface area contributed by atoms with Crippen molar-refractivity contribution >= 4 is 69.5 Å². The first-order chi connectivity index (χ1) is 26.1. The molecular formula is C50H44O2P2. The molecule has 0 saturated carbocycles. The Hall–Kier alpha value is -4.74. The SMILES string of the molecule is CC(C)(C)[P@]1c2c(cccc2-c2c3ccccc3cc3ccccc23)O[C@H]1[C@@H]1Oc2cccc(-c3c4ccccc4cc4ccccc34)c2[P@@]1C(C)(C)C. The largest absolute Gasteiger partial charge is 0.481 e. The topological polar surface area (TPSA) is 18.5 Å². The number of ether oxygens (including phenoxy) is 2. The van der Waals surface area contributed by atoms with E-state index in [1.54, 1.807) is 0 Å². The van der Waals surface area contributed by atoms with Crippen LogP contribution in [0.4, 0.5) is 0 Å². The van der Waals surface area contributed by atoms with Crippen molar-refractivity contribution in [1.29, 1.82) is 0 Å². The summed E-state index contributed by atoms with van der Waals surface area (Å²) in [4.78, 5) is 0. The van der Waals surface area contributed by atoms with Crippen molar-refractivity contribution in [3.05, 3.63) is 146 Å². The molecule has 8 aromatic carbocycles. The molecule has 4 heteroatoms. The summed E-state index contributed by atoms with van der Waals surface area (Å²) in [5.41, 5.74) is 5.20. The van der Waals surface area contributed by atoms with Crippen LogP contribution in [0, 0.1) is 0 Å². The second-order valence-corrected chi connectivity index (χ2v) is 22.9. The lowest BCUT2D eigenvalue weighted by Gasteiger charge is -2.40. The standard InChI is InChI=1S/C50H44O2P2/c1-49(2,3)53-45-39(43-35-21-11-7-17-31(35)29-32-18-8-12-22-36(32)43)25-15-27-41(45)51-47(53)48-52-42-28-16-26-40(46(42)54(48)50(4,5)6)44-37-23-13-9-19-33(37)30-34-20-10-14-24-38(34)44/h7-30,47-48H,1-6H3/t47-,48-,53-,54-/m1/s1. The highest BCUT2D eigenvalue weighted by atomic mass is 31.1. The van der Waals surface area contributed by atoms with E-state index in [0.29, 0.717) is 0 Å². The zero-order valence-corrected chi connectivity index (χ0v) is 33.5. The highest BCUT2D eigenvalue weighted by molar-refractivity contribution is 7.72. The Balaban J connectivity index is 1.18. The molecule has 0 saturated heterocycles. The molecule has 4 atom stereocenters. The Morgan fingerprint density at radius 2 is 0.704 bits per heavy atom. The molecule has 2 aliphatic rings. The van der Waals surface area contributed by atoms with Crippen LogP contribution >= 0.6 is 15.8 Å². The van der Waals surface area contributed by atoms with E-state index in [-0.39, 0.29) is 22.0 Å². The monoisotopic (exact) mass is 738 g/mol. The number of hydrogen-bond acceptors (Lipinski definition) is 2. The zero-order valence-electron chi connectivity index (χ0n) is 31.7. The molecule has 2 heterocycles. The van der Waals surface area contributed by atoms with Gasteiger partial charge in [-0.3, -0.25) is 0 Å². The van der Waals surface area contributed by atoms with Gasteiger partial charge in [-0.2, -0.15) is 0 Å². The second kappa shape index (κ2) is 12.4. The fraction of sp³-hybridized carbons (Fsp3) is 0.200. The maximum Gasteiger partial charge on any atom is 0.162 e. The van der Waals surface area contributed by atoms with Crippen molar-refractivity contribution in [2.45, 2.75) is 63.5 Å². The Kier molecular flexibility index (Phi) is 7.76. The molecule has 8 aromatic rings. The molecule has 0 spiro atoms. The number of fused-ring (bicyclic) bond motifs is 6. The molecule has 2 aliphatic heterocycles. The predicted molar refractivity (Wildman–Crippen MR) is 235 cm³/mol. The van der Waals surface area contributed by atoms with E-state index in [0.717, 1.165) is 11.5 Å². The van der Waals surface area contributed by atoms with E-state index in [1.807, 2.05) is 0 Å². The first-order valence-electron chi connectivity index (χ1n) is 19.1. The summed E-state index contributed by atoms with van der Waals surface area (Å²) in [6, 6.07) is 53.6. The fourth-order valence-electron chi connectivity index (χ4n) is 9.17. The normalized spacial score (nSPS) is 19.6. The summed E-state index contributed by atoms with van der Waals surface area (Å²) < 4.78 is 14.8. The van der Waals surface area contributed by atoms with Crippen molar-refractivity contribution < 1.29 is 9.47 Å². The maximum atomic E-state index is 7.38. The van der Waals surface area contributed by atoms with Gasteiger partial charge >= 0.3 is 0 Å². The molecule has 54 heavy (non-hydrogen) atoms. The van der Waals surface area contributed by atoms with Crippen LogP contribution in [0.25, 0.3) is 65.3 Å². The molecular weight excluding hydrogens is 694 g/mol. The highest BCUT2D eigenvalue weighted by Gasteiger charge is 2.55. The van der Waals surface area contributed by atoms with Gasteiger partial charge in [0.15, 0.2) is 11.7 Å². The summed E-state index contributed by atoms with van der Waals surface area (Å²) in [6.45, 7) is 14.5. The summed E-state index contributed by atoms with van der Waals surface area (Å²) >= 11 is 0. The third-order valence-electron chi connectivity index (χ3n) is 11.3. The molecule has 0 unspecified atom stereocenters. The van der Waals surface area contributed by atoms with Crippen LogP contribution in [-0.2, 0) is 0 Å². The van der Waals surface area contributed by atoms with Gasteiger partial charge in [0.2, 0.25) is 0 Å². The van der Waals surface area contributed by atoms with Gasteiger partial charge in [-0.15, -0.1) is 0 Å². The quantitative estimate of drug-likeness (QED) is 0.133. The number of benzene rings is 8. The van der Waals surface area contributed by atoms with Gasteiger partial charge in [0.25, 0.3) is 0 Å². The van der Waals surface area contributed by atoms with Crippen LogP contribution in [0.3, 0.4) is 0 Å². The Morgan fingerprint density at radius 3 is 1.02 bits per heavy atom. The highest BCUT2D eigenvalue weighted by Crippen LogP contribution is 2.70. The van der Waals surface area contributed by atoms with Gasteiger partial charge in [-0.25, -0.2) is 0 Å². The minimum Gasteiger partial charge on any atom is -0.481 e. The van der Waals surface area contributed by atoms with Gasteiger partial charge in [0, 0.05) is 10.6 Å². The number of rotatable bonds is 3. The molecule has 10 rings (SSSR count). The maximum absolute atomic E-state index is 7.38. The number of hydrogen-bond donors (Lipinski definition) is 0. The van der Waals surface area contributed by atoms with Gasteiger partial charge in [0.05, 0.1) is 0 Å². The van der Waals surface area contributed by atoms with Crippen LogP contribution in [0.1, 0.15) is 41.5 Å². The van der Waals surface area contributed by atoms with Crippen LogP contribution < -0.4 is 20.1 Å². The van der Waals surface area contributed by atoms with Crippen LogP contribution in [0.2, 0.25) is 0 Å². The summed E-state index contributed by atoms with van der Waals surface area (Å²) in [5.74, 6) is 1.82. The van der Waals surface area contributed by atoms with Crippen molar-refractivity contribution in [3.8, 4) is 33.8 Å². The first kappa shape index (κ1) is 33.8. The van der Waals surface area contributed by atoms with Gasteiger partial charge in [-0.1, -0.05) is 163 Å². The van der Waals surface area contributed by atoms with Crippen molar-refractivity contribution in [2.75, 3.05) is 0 Å². The molecule has 0 fully saturated rings. The average Bonchev–Trinajstić information content (AvgIpc) is 3.76. The Labute approximate surface area is 320 Å².